The summed E-state index contributed by atoms with van der Waals surface area (Å²) in [5, 5.41) is 17.3. The molecular formula is C21H21N3O5. The van der Waals surface area contributed by atoms with Gasteiger partial charge < -0.3 is 20.1 Å². The van der Waals surface area contributed by atoms with Crippen molar-refractivity contribution in [2.45, 2.75) is 50.4 Å². The minimum absolute atomic E-state index is 0.0987. The fourth-order valence-corrected chi connectivity index (χ4v) is 3.89. The molecule has 2 aromatic rings. The fraction of sp³-hybridized carbons (Fsp3) is 0.381. The van der Waals surface area contributed by atoms with Crippen molar-refractivity contribution in [1.29, 1.82) is 0 Å². The molecule has 2 aromatic carbocycles. The molecule has 0 saturated heterocycles. The number of amides is 1. The highest BCUT2D eigenvalue weighted by atomic mass is 16.7. The van der Waals surface area contributed by atoms with Gasteiger partial charge in [0, 0.05) is 42.3 Å². The quantitative estimate of drug-likeness (QED) is 0.572. The predicted molar refractivity (Wildman–Crippen MR) is 107 cm³/mol. The van der Waals surface area contributed by atoms with Gasteiger partial charge in [-0.05, 0) is 49.9 Å². The lowest BCUT2D eigenvalue weighted by molar-refractivity contribution is -0.384. The Kier molecular flexibility index (Phi) is 4.08. The van der Waals surface area contributed by atoms with Crippen LogP contribution in [0.2, 0.25) is 0 Å². The Morgan fingerprint density at radius 3 is 2.55 bits per heavy atom. The van der Waals surface area contributed by atoms with Crippen molar-refractivity contribution in [3.63, 3.8) is 0 Å². The average Bonchev–Trinajstić information content (AvgIpc) is 3.28. The van der Waals surface area contributed by atoms with E-state index in [1.54, 1.807) is 30.3 Å². The first-order chi connectivity index (χ1) is 14.0. The number of nitrogens with zero attached hydrogens (tertiary/aromatic N) is 1. The zero-order valence-electron chi connectivity index (χ0n) is 15.8. The van der Waals surface area contributed by atoms with Crippen molar-refractivity contribution in [2.24, 2.45) is 0 Å². The first kappa shape index (κ1) is 17.8. The second-order valence-electron chi connectivity index (χ2n) is 7.85. The van der Waals surface area contributed by atoms with E-state index in [-0.39, 0.29) is 17.3 Å². The summed E-state index contributed by atoms with van der Waals surface area (Å²) in [5.41, 5.74) is 1.12. The van der Waals surface area contributed by atoms with E-state index in [0.29, 0.717) is 22.9 Å². The Morgan fingerprint density at radius 2 is 1.83 bits per heavy atom. The van der Waals surface area contributed by atoms with E-state index in [1.807, 2.05) is 0 Å². The predicted octanol–water partition coefficient (Wildman–Crippen LogP) is 4.46. The summed E-state index contributed by atoms with van der Waals surface area (Å²) >= 11 is 0. The molecule has 2 saturated carbocycles. The second-order valence-corrected chi connectivity index (χ2v) is 7.85. The van der Waals surface area contributed by atoms with Crippen molar-refractivity contribution in [3.05, 3.63) is 52.1 Å². The number of anilines is 2. The topological polar surface area (TPSA) is 103 Å². The van der Waals surface area contributed by atoms with E-state index in [0.717, 1.165) is 38.5 Å². The zero-order chi connectivity index (χ0) is 20.0. The van der Waals surface area contributed by atoms with Gasteiger partial charge in [-0.25, -0.2) is 0 Å². The van der Waals surface area contributed by atoms with Crippen LogP contribution in [0.1, 0.15) is 48.9 Å². The van der Waals surface area contributed by atoms with E-state index < -0.39 is 16.6 Å². The number of carbonyl (C=O) groups is 1. The van der Waals surface area contributed by atoms with Crippen LogP contribution in [0.5, 0.6) is 11.5 Å². The summed E-state index contributed by atoms with van der Waals surface area (Å²) in [6.45, 7) is 0. The van der Waals surface area contributed by atoms with Gasteiger partial charge in [-0.1, -0.05) is 0 Å². The average molecular weight is 395 g/mol. The van der Waals surface area contributed by atoms with Crippen LogP contribution in [-0.2, 0) is 0 Å². The van der Waals surface area contributed by atoms with Crippen LogP contribution in [0.25, 0.3) is 0 Å². The molecule has 2 N–H and O–H groups in total. The highest BCUT2D eigenvalue weighted by Crippen LogP contribution is 2.47. The fourth-order valence-electron chi connectivity index (χ4n) is 3.89. The lowest BCUT2D eigenvalue weighted by Gasteiger charge is -2.21. The van der Waals surface area contributed by atoms with Gasteiger partial charge >= 0.3 is 0 Å². The first-order valence-corrected chi connectivity index (χ1v) is 9.90. The van der Waals surface area contributed by atoms with Gasteiger partial charge in [0.15, 0.2) is 11.5 Å². The van der Waals surface area contributed by atoms with Gasteiger partial charge in [-0.3, -0.25) is 14.9 Å². The number of carbonyl (C=O) groups excluding carboxylic acids is 1. The summed E-state index contributed by atoms with van der Waals surface area (Å²) < 4.78 is 12.0. The van der Waals surface area contributed by atoms with Gasteiger partial charge in [0.2, 0.25) is 0 Å². The Morgan fingerprint density at radius 1 is 1.07 bits per heavy atom. The summed E-state index contributed by atoms with van der Waals surface area (Å²) in [6, 6.07) is 10.0. The molecule has 0 unspecified atom stereocenters. The third kappa shape index (κ3) is 3.46. The van der Waals surface area contributed by atoms with Crippen LogP contribution in [0.4, 0.5) is 17.1 Å². The Hall–Kier alpha value is -3.29. The van der Waals surface area contributed by atoms with Crippen LogP contribution in [0.3, 0.4) is 0 Å². The van der Waals surface area contributed by atoms with E-state index in [4.69, 9.17) is 9.47 Å². The number of hydrogen-bond donors (Lipinski definition) is 2. The van der Waals surface area contributed by atoms with Crippen molar-refractivity contribution >= 4 is 23.0 Å². The smallest absolute Gasteiger partial charge is 0.293 e. The van der Waals surface area contributed by atoms with Crippen molar-refractivity contribution in [1.82, 2.24) is 0 Å². The summed E-state index contributed by atoms with van der Waals surface area (Å²) in [7, 11) is 0. The molecule has 0 atom stereocenters. The minimum atomic E-state index is -0.560. The molecule has 1 heterocycles. The molecule has 1 spiro atoms. The van der Waals surface area contributed by atoms with Gasteiger partial charge in [0.25, 0.3) is 17.4 Å². The minimum Gasteiger partial charge on any atom is -0.448 e. The monoisotopic (exact) mass is 395 g/mol. The van der Waals surface area contributed by atoms with Gasteiger partial charge in [0.05, 0.1) is 4.92 Å². The molecule has 1 amide bonds. The Bertz CT molecular complexity index is 996. The van der Waals surface area contributed by atoms with Crippen LogP contribution < -0.4 is 20.1 Å². The van der Waals surface area contributed by atoms with Gasteiger partial charge in [-0.15, -0.1) is 0 Å². The largest absolute Gasteiger partial charge is 0.448 e. The highest BCUT2D eigenvalue weighted by Gasteiger charge is 2.44. The first-order valence-electron chi connectivity index (χ1n) is 9.90. The molecule has 29 heavy (non-hydrogen) atoms. The molecule has 0 radical (unpaired) electrons. The lowest BCUT2D eigenvalue weighted by Crippen LogP contribution is -2.34. The summed E-state index contributed by atoms with van der Waals surface area (Å²) in [6.07, 6.45) is 5.86. The molecule has 3 aliphatic rings. The maximum Gasteiger partial charge on any atom is 0.293 e. The molecular weight excluding hydrogens is 374 g/mol. The Balaban J connectivity index is 1.33. The number of ether oxygens (including phenoxy) is 2. The summed E-state index contributed by atoms with van der Waals surface area (Å²) in [5.74, 6) is 0.312. The number of hydrogen-bond acceptors (Lipinski definition) is 6. The summed E-state index contributed by atoms with van der Waals surface area (Å²) in [4.78, 5) is 23.6. The standard InChI is InChI=1S/C21H21N3O5/c25-20(13-3-7-16(22-14-4-5-14)17(11-13)24(26)27)23-15-6-8-18-19(12-15)29-21(28-18)9-1-2-10-21/h3,6-8,11-12,14,22H,1-2,4-5,9-10H2,(H,23,25). The van der Waals surface area contributed by atoms with Gasteiger partial charge in [0.1, 0.15) is 5.69 Å². The molecule has 2 aliphatic carbocycles. The normalized spacial score (nSPS) is 18.6. The van der Waals surface area contributed by atoms with Crippen LogP contribution >= 0.6 is 0 Å². The van der Waals surface area contributed by atoms with E-state index in [1.165, 1.54) is 6.07 Å². The molecule has 1 aliphatic heterocycles. The van der Waals surface area contributed by atoms with Crippen LogP contribution in [0.15, 0.2) is 36.4 Å². The van der Waals surface area contributed by atoms with Crippen molar-refractivity contribution in [3.8, 4) is 11.5 Å². The molecule has 5 rings (SSSR count). The highest BCUT2D eigenvalue weighted by molar-refractivity contribution is 6.05. The van der Waals surface area contributed by atoms with Gasteiger partial charge in [-0.2, -0.15) is 0 Å². The molecule has 150 valence electrons. The number of nitro benzene ring substituents is 1. The van der Waals surface area contributed by atoms with Crippen molar-refractivity contribution < 1.29 is 19.2 Å². The number of benzene rings is 2. The van der Waals surface area contributed by atoms with E-state index >= 15 is 0 Å². The molecule has 2 fully saturated rings. The zero-order valence-corrected chi connectivity index (χ0v) is 15.8. The molecule has 8 heteroatoms. The van der Waals surface area contributed by atoms with E-state index in [9.17, 15) is 14.9 Å². The number of nitro groups is 1. The molecule has 0 bridgehead atoms. The Labute approximate surface area is 167 Å². The van der Waals surface area contributed by atoms with Crippen molar-refractivity contribution in [2.75, 3.05) is 10.6 Å². The lowest BCUT2D eigenvalue weighted by atomic mass is 10.1. The number of rotatable bonds is 5. The third-order valence-electron chi connectivity index (χ3n) is 5.55. The molecule has 8 nitrogen and oxygen atoms in total. The number of nitrogens with one attached hydrogen (secondary N) is 2. The SMILES string of the molecule is O=C(Nc1ccc2c(c1)OC1(CCCC1)O2)c1ccc(NC2CC2)c([N+](=O)[O-])c1. The second kappa shape index (κ2) is 6.65. The number of fused-ring (bicyclic) bond motifs is 1. The van der Waals surface area contributed by atoms with Crippen LogP contribution in [0, 0.1) is 10.1 Å². The van der Waals surface area contributed by atoms with E-state index in [2.05, 4.69) is 10.6 Å². The molecule has 0 aromatic heterocycles. The van der Waals surface area contributed by atoms with Crippen LogP contribution in [-0.4, -0.2) is 22.7 Å². The maximum absolute atomic E-state index is 12.7. The maximum atomic E-state index is 12.7. The third-order valence-corrected chi connectivity index (χ3v) is 5.55.